The van der Waals surface area contributed by atoms with E-state index >= 15 is 0 Å². The van der Waals surface area contributed by atoms with Crippen molar-refractivity contribution in [3.8, 4) is 0 Å². The summed E-state index contributed by atoms with van der Waals surface area (Å²) in [5, 5.41) is 4.05. The van der Waals surface area contributed by atoms with E-state index in [0.29, 0.717) is 19.6 Å². The Labute approximate surface area is 149 Å². The molecule has 1 aliphatic heterocycles. The number of nitrogens with one attached hydrogen (secondary N) is 1. The number of aryl methyl sites for hydroxylation is 1. The van der Waals surface area contributed by atoms with Crippen molar-refractivity contribution >= 4 is 27.4 Å². The van der Waals surface area contributed by atoms with Crippen LogP contribution in [0, 0.1) is 0 Å². The molecule has 1 fully saturated rings. The van der Waals surface area contributed by atoms with Crippen LogP contribution in [0.4, 0.5) is 0 Å². The van der Waals surface area contributed by atoms with Gasteiger partial charge in [-0.2, -0.15) is 0 Å². The van der Waals surface area contributed by atoms with E-state index in [0.717, 1.165) is 29.8 Å². The van der Waals surface area contributed by atoms with E-state index in [1.54, 1.807) is 7.05 Å². The molecule has 0 saturated carbocycles. The second-order valence-electron chi connectivity index (χ2n) is 6.08. The average Bonchev–Trinajstić information content (AvgIpc) is 2.82. The molecule has 7 nitrogen and oxygen atoms in total. The van der Waals surface area contributed by atoms with Crippen molar-refractivity contribution in [2.45, 2.75) is 6.54 Å². The normalized spacial score (nSPS) is 18.6. The number of hydrogen-bond acceptors (Lipinski definition) is 4. The average molecular weight is 376 g/mol. The third-order valence-electron chi connectivity index (χ3n) is 4.20. The van der Waals surface area contributed by atoms with E-state index in [1.165, 1.54) is 0 Å². The number of halogens is 1. The predicted octanol–water partition coefficient (Wildman–Crippen LogP) is 0.416. The lowest BCUT2D eigenvalue weighted by Crippen LogP contribution is -2.46. The number of aliphatic imine (C=N–C) groups is 1. The molecule has 9 heteroatoms. The summed E-state index contributed by atoms with van der Waals surface area (Å²) < 4.78 is 24.9. The van der Waals surface area contributed by atoms with Crippen LogP contribution >= 0.6 is 11.6 Å². The summed E-state index contributed by atoms with van der Waals surface area (Å²) in [7, 11) is 2.88. The van der Waals surface area contributed by atoms with E-state index in [2.05, 4.69) is 15.2 Å². The largest absolute Gasteiger partial charge is 0.355 e. The number of guanidine groups is 1. The van der Waals surface area contributed by atoms with Crippen molar-refractivity contribution in [3.05, 3.63) is 23.0 Å². The maximum absolute atomic E-state index is 11.4. The summed E-state index contributed by atoms with van der Waals surface area (Å²) in [6, 6.07) is 1.94. The van der Waals surface area contributed by atoms with Crippen LogP contribution in [0.1, 0.15) is 5.69 Å². The first-order valence-corrected chi connectivity index (χ1v) is 10.2. The molecule has 0 amide bonds. The fourth-order valence-corrected chi connectivity index (χ4v) is 4.27. The third-order valence-corrected chi connectivity index (χ3v) is 6.01. The van der Waals surface area contributed by atoms with Crippen LogP contribution in [-0.4, -0.2) is 80.5 Å². The SMILES string of the molecule is CN=C(NCCN1CCS(=O)(=O)CC1)N(C)Cc1cc(Cl)cn1C. The van der Waals surface area contributed by atoms with Crippen molar-refractivity contribution in [2.24, 2.45) is 12.0 Å². The molecule has 1 aromatic heterocycles. The molecule has 1 aliphatic rings. The molecule has 1 saturated heterocycles. The van der Waals surface area contributed by atoms with Crippen LogP contribution < -0.4 is 5.32 Å². The molecule has 1 aromatic rings. The van der Waals surface area contributed by atoms with Gasteiger partial charge < -0.3 is 14.8 Å². The van der Waals surface area contributed by atoms with Gasteiger partial charge in [-0.3, -0.25) is 9.89 Å². The Morgan fingerprint density at radius 1 is 1.42 bits per heavy atom. The van der Waals surface area contributed by atoms with Gasteiger partial charge in [-0.1, -0.05) is 11.6 Å². The molecule has 0 radical (unpaired) electrons. The van der Waals surface area contributed by atoms with Crippen LogP contribution in [0.3, 0.4) is 0 Å². The van der Waals surface area contributed by atoms with E-state index in [4.69, 9.17) is 11.6 Å². The van der Waals surface area contributed by atoms with Gasteiger partial charge in [0.05, 0.1) is 23.1 Å². The van der Waals surface area contributed by atoms with Crippen LogP contribution in [0.25, 0.3) is 0 Å². The molecule has 0 atom stereocenters. The van der Waals surface area contributed by atoms with Gasteiger partial charge in [-0.05, 0) is 6.07 Å². The first-order chi connectivity index (χ1) is 11.3. The lowest BCUT2D eigenvalue weighted by Gasteiger charge is -2.28. The Hall–Kier alpha value is -1.25. The minimum Gasteiger partial charge on any atom is -0.355 e. The number of sulfone groups is 1. The Morgan fingerprint density at radius 3 is 2.62 bits per heavy atom. The van der Waals surface area contributed by atoms with Crippen LogP contribution in [-0.2, 0) is 23.4 Å². The van der Waals surface area contributed by atoms with E-state index in [1.807, 2.05) is 35.8 Å². The van der Waals surface area contributed by atoms with Crippen molar-refractivity contribution in [1.82, 2.24) is 19.7 Å². The molecule has 0 unspecified atom stereocenters. The minimum atomic E-state index is -2.82. The number of hydrogen-bond donors (Lipinski definition) is 1. The second kappa shape index (κ2) is 8.22. The van der Waals surface area contributed by atoms with Gasteiger partial charge in [0.1, 0.15) is 0 Å². The lowest BCUT2D eigenvalue weighted by atomic mass is 10.4. The van der Waals surface area contributed by atoms with E-state index in [9.17, 15) is 8.42 Å². The smallest absolute Gasteiger partial charge is 0.193 e. The monoisotopic (exact) mass is 375 g/mol. The maximum Gasteiger partial charge on any atom is 0.193 e. The zero-order valence-corrected chi connectivity index (χ0v) is 16.1. The van der Waals surface area contributed by atoms with Crippen molar-refractivity contribution < 1.29 is 8.42 Å². The van der Waals surface area contributed by atoms with Gasteiger partial charge in [0.25, 0.3) is 0 Å². The van der Waals surface area contributed by atoms with Gasteiger partial charge in [0, 0.05) is 59.2 Å². The Bertz CT molecular complexity index is 672. The topological polar surface area (TPSA) is 69.9 Å². The molecule has 1 N–H and O–H groups in total. The van der Waals surface area contributed by atoms with Gasteiger partial charge >= 0.3 is 0 Å². The molecular formula is C15H26ClN5O2S. The number of rotatable bonds is 5. The molecule has 136 valence electrons. The summed E-state index contributed by atoms with van der Waals surface area (Å²) in [6.07, 6.45) is 1.88. The van der Waals surface area contributed by atoms with Crippen LogP contribution in [0.15, 0.2) is 17.3 Å². The van der Waals surface area contributed by atoms with Crippen LogP contribution in [0.5, 0.6) is 0 Å². The van der Waals surface area contributed by atoms with Crippen LogP contribution in [0.2, 0.25) is 5.02 Å². The Kier molecular flexibility index (Phi) is 6.54. The minimum absolute atomic E-state index is 0.260. The molecule has 0 spiro atoms. The summed E-state index contributed by atoms with van der Waals surface area (Å²) in [5.41, 5.74) is 1.10. The standard InChI is InChI=1S/C15H26ClN5O2S/c1-17-15(20(3)12-14-10-13(16)11-19(14)2)18-4-5-21-6-8-24(22,23)9-7-21/h10-11H,4-9,12H2,1-3H3,(H,17,18). The van der Waals surface area contributed by atoms with E-state index in [-0.39, 0.29) is 11.5 Å². The molecule has 0 aliphatic carbocycles. The van der Waals surface area contributed by atoms with Crippen molar-refractivity contribution in [2.75, 3.05) is 51.8 Å². The maximum atomic E-state index is 11.4. The summed E-state index contributed by atoms with van der Waals surface area (Å²) in [6.45, 7) is 3.45. The fraction of sp³-hybridized carbons (Fsp3) is 0.667. The predicted molar refractivity (Wildman–Crippen MR) is 98.3 cm³/mol. The summed E-state index contributed by atoms with van der Waals surface area (Å²) in [4.78, 5) is 8.50. The molecule has 2 rings (SSSR count). The highest BCUT2D eigenvalue weighted by Crippen LogP contribution is 2.14. The highest BCUT2D eigenvalue weighted by Gasteiger charge is 2.21. The Balaban J connectivity index is 1.79. The molecule has 24 heavy (non-hydrogen) atoms. The van der Waals surface area contributed by atoms with Gasteiger partial charge in [-0.25, -0.2) is 8.42 Å². The first-order valence-electron chi connectivity index (χ1n) is 7.96. The van der Waals surface area contributed by atoms with E-state index < -0.39 is 9.84 Å². The van der Waals surface area contributed by atoms with Gasteiger partial charge in [0.15, 0.2) is 15.8 Å². The molecule has 0 aromatic carbocycles. The number of nitrogens with zero attached hydrogens (tertiary/aromatic N) is 4. The molecular weight excluding hydrogens is 350 g/mol. The fourth-order valence-electron chi connectivity index (χ4n) is 2.73. The quantitative estimate of drug-likeness (QED) is 0.596. The third kappa shape index (κ3) is 5.39. The van der Waals surface area contributed by atoms with Crippen molar-refractivity contribution in [3.63, 3.8) is 0 Å². The molecule has 0 bridgehead atoms. The highest BCUT2D eigenvalue weighted by atomic mass is 35.5. The summed E-state index contributed by atoms with van der Waals surface area (Å²) >= 11 is 6.02. The lowest BCUT2D eigenvalue weighted by molar-refractivity contribution is 0.298. The Morgan fingerprint density at radius 2 is 2.08 bits per heavy atom. The van der Waals surface area contributed by atoms with Gasteiger partial charge in [0.2, 0.25) is 0 Å². The number of aromatic nitrogens is 1. The zero-order chi connectivity index (χ0) is 17.7. The molecule has 2 heterocycles. The van der Waals surface area contributed by atoms with Crippen molar-refractivity contribution in [1.29, 1.82) is 0 Å². The summed E-state index contributed by atoms with van der Waals surface area (Å²) in [5.74, 6) is 1.32. The zero-order valence-electron chi connectivity index (χ0n) is 14.5. The first kappa shape index (κ1) is 19.1. The highest BCUT2D eigenvalue weighted by molar-refractivity contribution is 7.91. The second-order valence-corrected chi connectivity index (χ2v) is 8.82. The van der Waals surface area contributed by atoms with Gasteiger partial charge in [-0.15, -0.1) is 0 Å².